The fraction of sp³-hybridized carbons (Fsp3) is 0.812. The van der Waals surface area contributed by atoms with E-state index in [2.05, 4.69) is 5.32 Å². The summed E-state index contributed by atoms with van der Waals surface area (Å²) in [6.45, 7) is 3.83. The van der Waals surface area contributed by atoms with Crippen molar-refractivity contribution >= 4 is 18.0 Å². The van der Waals surface area contributed by atoms with Gasteiger partial charge in [-0.05, 0) is 32.6 Å². The number of urea groups is 1. The number of amides is 2. The Balaban J connectivity index is 2.00. The zero-order chi connectivity index (χ0) is 17.1. The van der Waals surface area contributed by atoms with E-state index in [4.69, 9.17) is 9.84 Å². The van der Waals surface area contributed by atoms with Gasteiger partial charge in [-0.3, -0.25) is 9.59 Å². The van der Waals surface area contributed by atoms with Crippen molar-refractivity contribution in [2.24, 2.45) is 5.92 Å². The van der Waals surface area contributed by atoms with E-state index < -0.39 is 5.97 Å². The molecule has 2 amide bonds. The van der Waals surface area contributed by atoms with Crippen LogP contribution in [-0.2, 0) is 14.3 Å². The zero-order valence-corrected chi connectivity index (χ0v) is 13.9. The van der Waals surface area contributed by atoms with Gasteiger partial charge in [0.25, 0.3) is 0 Å². The largest absolute Gasteiger partial charge is 0.481 e. The number of nitrogens with one attached hydrogen (secondary N) is 1. The Morgan fingerprint density at radius 1 is 1.13 bits per heavy atom. The van der Waals surface area contributed by atoms with Crippen LogP contribution in [0.3, 0.4) is 0 Å². The first-order valence-corrected chi connectivity index (χ1v) is 8.45. The summed E-state index contributed by atoms with van der Waals surface area (Å²) in [5, 5.41) is 11.8. The minimum atomic E-state index is -0.770. The number of carboxylic acid groups (broad SMARTS) is 1. The summed E-state index contributed by atoms with van der Waals surface area (Å²) in [6, 6.07) is -0.111. The Morgan fingerprint density at radius 3 is 2.39 bits per heavy atom. The van der Waals surface area contributed by atoms with E-state index in [1.807, 2.05) is 0 Å². The summed E-state index contributed by atoms with van der Waals surface area (Å²) < 4.78 is 4.85. The number of hydrogen-bond acceptors (Lipinski definition) is 4. The Labute approximate surface area is 137 Å². The Morgan fingerprint density at radius 2 is 1.78 bits per heavy atom. The maximum absolute atomic E-state index is 11.9. The number of hydrogen-bond donors (Lipinski definition) is 2. The highest BCUT2D eigenvalue weighted by molar-refractivity contribution is 5.75. The molecule has 7 nitrogen and oxygen atoms in total. The van der Waals surface area contributed by atoms with Gasteiger partial charge in [0.05, 0.1) is 12.5 Å². The third-order valence-corrected chi connectivity index (χ3v) is 4.02. The molecule has 7 heteroatoms. The van der Waals surface area contributed by atoms with Crippen molar-refractivity contribution in [3.8, 4) is 0 Å². The maximum Gasteiger partial charge on any atom is 0.317 e. The lowest BCUT2D eigenvalue weighted by Crippen LogP contribution is -2.45. The lowest BCUT2D eigenvalue weighted by Gasteiger charge is -2.30. The van der Waals surface area contributed by atoms with Crippen molar-refractivity contribution in [2.75, 3.05) is 26.2 Å². The Kier molecular flexibility index (Phi) is 9.09. The SMILES string of the molecule is CCOC(=O)CCCCCCNC(=O)N1CCC(C(=O)O)CC1. The summed E-state index contributed by atoms with van der Waals surface area (Å²) in [4.78, 5) is 35.6. The van der Waals surface area contributed by atoms with Crippen LogP contribution in [0.2, 0.25) is 0 Å². The highest BCUT2D eigenvalue weighted by atomic mass is 16.5. The maximum atomic E-state index is 11.9. The van der Waals surface area contributed by atoms with Gasteiger partial charge in [-0.2, -0.15) is 0 Å². The van der Waals surface area contributed by atoms with Crippen molar-refractivity contribution in [3.63, 3.8) is 0 Å². The average molecular weight is 328 g/mol. The number of likely N-dealkylation sites (tertiary alicyclic amines) is 1. The second-order valence-corrected chi connectivity index (χ2v) is 5.80. The van der Waals surface area contributed by atoms with E-state index in [1.54, 1.807) is 11.8 Å². The Bertz CT molecular complexity index is 392. The van der Waals surface area contributed by atoms with Gasteiger partial charge in [-0.15, -0.1) is 0 Å². The molecule has 0 saturated carbocycles. The van der Waals surface area contributed by atoms with Crippen LogP contribution >= 0.6 is 0 Å². The highest BCUT2D eigenvalue weighted by Gasteiger charge is 2.26. The molecule has 2 N–H and O–H groups in total. The number of carboxylic acids is 1. The predicted molar refractivity (Wildman–Crippen MR) is 85.0 cm³/mol. The van der Waals surface area contributed by atoms with Gasteiger partial charge in [0.15, 0.2) is 0 Å². The molecule has 0 radical (unpaired) electrons. The summed E-state index contributed by atoms with van der Waals surface area (Å²) in [7, 11) is 0. The highest BCUT2D eigenvalue weighted by Crippen LogP contribution is 2.17. The van der Waals surface area contributed by atoms with Gasteiger partial charge in [-0.25, -0.2) is 4.79 Å². The van der Waals surface area contributed by atoms with Gasteiger partial charge >= 0.3 is 18.0 Å². The summed E-state index contributed by atoms with van der Waals surface area (Å²) in [5.41, 5.74) is 0. The molecule has 0 aromatic rings. The molecule has 23 heavy (non-hydrogen) atoms. The number of esters is 1. The molecule has 132 valence electrons. The number of rotatable bonds is 9. The van der Waals surface area contributed by atoms with Crippen LogP contribution in [0.4, 0.5) is 4.79 Å². The van der Waals surface area contributed by atoms with E-state index in [9.17, 15) is 14.4 Å². The summed E-state index contributed by atoms with van der Waals surface area (Å²) >= 11 is 0. The van der Waals surface area contributed by atoms with Crippen LogP contribution in [0.5, 0.6) is 0 Å². The molecular weight excluding hydrogens is 300 g/mol. The number of piperidine rings is 1. The van der Waals surface area contributed by atoms with Gasteiger partial charge < -0.3 is 20.1 Å². The van der Waals surface area contributed by atoms with Crippen LogP contribution in [0.1, 0.15) is 51.9 Å². The average Bonchev–Trinajstić information content (AvgIpc) is 2.54. The molecular formula is C16H28N2O5. The van der Waals surface area contributed by atoms with E-state index in [-0.39, 0.29) is 17.9 Å². The monoisotopic (exact) mass is 328 g/mol. The topological polar surface area (TPSA) is 95.9 Å². The number of nitrogens with zero attached hydrogens (tertiary/aromatic N) is 1. The van der Waals surface area contributed by atoms with Crippen molar-refractivity contribution in [3.05, 3.63) is 0 Å². The van der Waals surface area contributed by atoms with E-state index in [0.717, 1.165) is 25.7 Å². The van der Waals surface area contributed by atoms with Crippen LogP contribution in [0.15, 0.2) is 0 Å². The van der Waals surface area contributed by atoms with Crippen molar-refractivity contribution in [1.82, 2.24) is 10.2 Å². The molecule has 1 fully saturated rings. The molecule has 1 aliphatic heterocycles. The summed E-state index contributed by atoms with van der Waals surface area (Å²) in [5.74, 6) is -1.24. The fourth-order valence-electron chi connectivity index (χ4n) is 2.62. The molecule has 0 aromatic heterocycles. The molecule has 0 aliphatic carbocycles. The molecule has 1 aliphatic rings. The minimum Gasteiger partial charge on any atom is -0.481 e. The third kappa shape index (κ3) is 7.85. The molecule has 1 heterocycles. The fourth-order valence-corrected chi connectivity index (χ4v) is 2.62. The van der Waals surface area contributed by atoms with Crippen LogP contribution in [-0.4, -0.2) is 54.2 Å². The summed E-state index contributed by atoms with van der Waals surface area (Å²) in [6.07, 6.45) is 5.10. The second-order valence-electron chi connectivity index (χ2n) is 5.80. The van der Waals surface area contributed by atoms with Gasteiger partial charge in [0.1, 0.15) is 0 Å². The van der Waals surface area contributed by atoms with Gasteiger partial charge in [-0.1, -0.05) is 12.8 Å². The minimum absolute atomic E-state index is 0.111. The normalized spacial score (nSPS) is 15.3. The third-order valence-electron chi connectivity index (χ3n) is 4.02. The second kappa shape index (κ2) is 10.9. The van der Waals surface area contributed by atoms with Crippen molar-refractivity contribution < 1.29 is 24.2 Å². The quantitative estimate of drug-likeness (QED) is 0.498. The molecule has 0 aromatic carbocycles. The standard InChI is InChI=1S/C16H28N2O5/c1-2-23-14(19)7-5-3-4-6-10-17-16(22)18-11-8-13(9-12-18)15(20)21/h13H,2-12H2,1H3,(H,17,22)(H,20,21). The van der Waals surface area contributed by atoms with E-state index >= 15 is 0 Å². The molecule has 1 rings (SSSR count). The zero-order valence-electron chi connectivity index (χ0n) is 13.9. The van der Waals surface area contributed by atoms with Gasteiger partial charge in [0.2, 0.25) is 0 Å². The number of unbranched alkanes of at least 4 members (excludes halogenated alkanes) is 3. The van der Waals surface area contributed by atoms with E-state index in [0.29, 0.717) is 45.5 Å². The van der Waals surface area contributed by atoms with Crippen LogP contribution < -0.4 is 5.32 Å². The lowest BCUT2D eigenvalue weighted by molar-refractivity contribution is -0.144. The first-order valence-electron chi connectivity index (χ1n) is 8.45. The lowest BCUT2D eigenvalue weighted by atomic mass is 9.97. The molecule has 0 spiro atoms. The Hall–Kier alpha value is -1.79. The van der Waals surface area contributed by atoms with E-state index in [1.165, 1.54) is 0 Å². The number of aliphatic carboxylic acids is 1. The van der Waals surface area contributed by atoms with Gasteiger partial charge in [0, 0.05) is 26.1 Å². The molecule has 0 unspecified atom stereocenters. The van der Waals surface area contributed by atoms with Crippen LogP contribution in [0.25, 0.3) is 0 Å². The predicted octanol–water partition coefficient (Wildman–Crippen LogP) is 2.01. The van der Waals surface area contributed by atoms with Crippen molar-refractivity contribution in [1.29, 1.82) is 0 Å². The number of carbonyl (C=O) groups is 3. The first kappa shape index (κ1) is 19.3. The molecule has 0 bridgehead atoms. The number of carbonyl (C=O) groups excluding carboxylic acids is 2. The van der Waals surface area contributed by atoms with Crippen molar-refractivity contribution in [2.45, 2.75) is 51.9 Å². The molecule has 0 atom stereocenters. The first-order chi connectivity index (χ1) is 11.0. The smallest absolute Gasteiger partial charge is 0.317 e. The number of ether oxygens (including phenoxy) is 1. The van der Waals surface area contributed by atoms with Crippen LogP contribution in [0, 0.1) is 5.92 Å². The molecule has 1 saturated heterocycles.